The van der Waals surface area contributed by atoms with Gasteiger partial charge in [0, 0.05) is 0 Å². The Kier molecular flexibility index (Phi) is 8.51. The Hall–Kier alpha value is -0.650. The second kappa shape index (κ2) is 9.60. The Morgan fingerprint density at radius 3 is 1.39 bits per heavy atom. The molecule has 0 bridgehead atoms. The molecule has 126 valence electrons. The summed E-state index contributed by atoms with van der Waals surface area (Å²) in [6, 6.07) is 14.2. The van der Waals surface area contributed by atoms with E-state index in [-0.39, 0.29) is 24.9 Å². The molecular weight excluding hydrogens is 363 g/mol. The minimum Gasteiger partial charge on any atom is -0.114 e. The van der Waals surface area contributed by atoms with Crippen LogP contribution in [0.2, 0.25) is 0 Å². The Morgan fingerprint density at radius 2 is 1.04 bits per heavy atom. The lowest BCUT2D eigenvalue weighted by molar-refractivity contribution is 0.777. The molecule has 0 N–H and O–H groups in total. The first-order chi connectivity index (χ1) is 10.5. The van der Waals surface area contributed by atoms with Crippen molar-refractivity contribution in [2.75, 3.05) is 6.16 Å². The molecule has 2 heteroatoms. The Bertz CT molecular complexity index is 542. The van der Waals surface area contributed by atoms with Crippen LogP contribution in [0.1, 0.15) is 48.4 Å². The van der Waals surface area contributed by atoms with Gasteiger partial charge in [-0.15, -0.1) is 17.0 Å². The quantitative estimate of drug-likeness (QED) is 0.410. The minimum absolute atomic E-state index is 0. The van der Waals surface area contributed by atoms with E-state index in [1.54, 1.807) is 10.6 Å². The fraction of sp³-hybridized carbons (Fsp3) is 0.429. The smallest absolute Gasteiger partial charge is 0.0190 e. The van der Waals surface area contributed by atoms with E-state index in [9.17, 15) is 0 Å². The molecule has 0 aromatic heterocycles. The van der Waals surface area contributed by atoms with Crippen LogP contribution in [0.25, 0.3) is 0 Å². The lowest BCUT2D eigenvalue weighted by atomic mass is 10.2. The molecule has 0 heterocycles. The molecule has 2 aromatic carbocycles. The number of hydrogen-bond donors (Lipinski definition) is 0. The van der Waals surface area contributed by atoms with Crippen molar-refractivity contribution < 1.29 is 0 Å². The molecule has 0 radical (unpaired) electrons. The van der Waals surface area contributed by atoms with Gasteiger partial charge in [0.25, 0.3) is 0 Å². The summed E-state index contributed by atoms with van der Waals surface area (Å²) in [5.41, 5.74) is 5.56. The molecule has 0 saturated carbocycles. The van der Waals surface area contributed by atoms with Crippen LogP contribution in [-0.2, 0) is 0 Å². The van der Waals surface area contributed by atoms with E-state index < -0.39 is 0 Å². The molecule has 0 spiro atoms. The van der Waals surface area contributed by atoms with Crippen molar-refractivity contribution >= 4 is 35.5 Å². The normalized spacial score (nSPS) is 10.7. The maximum Gasteiger partial charge on any atom is -0.0190 e. The van der Waals surface area contributed by atoms with Crippen molar-refractivity contribution in [3.05, 3.63) is 58.7 Å². The zero-order valence-corrected chi connectivity index (χ0v) is 17.8. The highest BCUT2D eigenvalue weighted by atomic mass is 79.9. The molecule has 0 aliphatic heterocycles. The fourth-order valence-electron chi connectivity index (χ4n) is 3.14. The Morgan fingerprint density at radius 1 is 0.652 bits per heavy atom. The van der Waals surface area contributed by atoms with Crippen LogP contribution >= 0.6 is 24.9 Å². The highest BCUT2D eigenvalue weighted by molar-refractivity contribution is 8.93. The van der Waals surface area contributed by atoms with Crippen LogP contribution in [-0.4, -0.2) is 6.16 Å². The van der Waals surface area contributed by atoms with E-state index in [1.165, 1.54) is 47.7 Å². The molecule has 0 atom stereocenters. The lowest BCUT2D eigenvalue weighted by Gasteiger charge is -2.21. The lowest BCUT2D eigenvalue weighted by Crippen LogP contribution is -2.16. The van der Waals surface area contributed by atoms with Crippen molar-refractivity contribution in [3.8, 4) is 0 Å². The van der Waals surface area contributed by atoms with Gasteiger partial charge in [0.1, 0.15) is 0 Å². The predicted octanol–water partition coefficient (Wildman–Crippen LogP) is 6.12. The van der Waals surface area contributed by atoms with Crippen LogP contribution in [0.15, 0.2) is 36.4 Å². The van der Waals surface area contributed by atoms with Gasteiger partial charge in [-0.1, -0.05) is 78.4 Å². The summed E-state index contributed by atoms with van der Waals surface area (Å²) < 4.78 is 0. The second-order valence-electron chi connectivity index (χ2n) is 6.55. The third-order valence-corrected chi connectivity index (χ3v) is 6.55. The summed E-state index contributed by atoms with van der Waals surface area (Å²) in [6.07, 6.45) is 5.29. The third kappa shape index (κ3) is 6.05. The zero-order valence-electron chi connectivity index (χ0n) is 15.1. The molecule has 2 rings (SSSR count). The van der Waals surface area contributed by atoms with Crippen molar-refractivity contribution in [1.29, 1.82) is 0 Å². The maximum atomic E-state index is 2.41. The third-order valence-electron chi connectivity index (χ3n) is 4.02. The summed E-state index contributed by atoms with van der Waals surface area (Å²) in [7, 11) is -0.227. The van der Waals surface area contributed by atoms with E-state index in [4.69, 9.17) is 0 Å². The molecule has 0 amide bonds. The molecule has 2 aromatic rings. The highest BCUT2D eigenvalue weighted by Gasteiger charge is 2.15. The maximum absolute atomic E-state index is 2.41. The van der Waals surface area contributed by atoms with Crippen molar-refractivity contribution in [3.63, 3.8) is 0 Å². The van der Waals surface area contributed by atoms with Gasteiger partial charge in [0.05, 0.1) is 0 Å². The second-order valence-corrected chi connectivity index (χ2v) is 8.89. The average Bonchev–Trinajstić information content (AvgIpc) is 2.41. The highest BCUT2D eigenvalue weighted by Crippen LogP contribution is 2.36. The molecule has 0 fully saturated rings. The standard InChI is InChI=1S/C21H29P.BrH/c1-6-7-8-9-22(20-12-16(2)10-17(3)13-20)21-14-18(4)11-19(5)15-21;/h10-15H,6-9H2,1-5H3;1H. The number of aryl methyl sites for hydroxylation is 4. The molecule has 0 nitrogen and oxygen atoms in total. The molecule has 0 aliphatic carbocycles. The SMILES string of the molecule is Br.CCCCCP(c1cc(C)cc(C)c1)c1cc(C)cc(C)c1. The first kappa shape index (κ1) is 20.4. The first-order valence-corrected chi connectivity index (χ1v) is 9.96. The molecule has 0 aliphatic rings. The van der Waals surface area contributed by atoms with Crippen LogP contribution in [0.4, 0.5) is 0 Å². The number of halogens is 1. The van der Waals surface area contributed by atoms with Gasteiger partial charge in [0.2, 0.25) is 0 Å². The van der Waals surface area contributed by atoms with E-state index >= 15 is 0 Å². The van der Waals surface area contributed by atoms with E-state index in [0.29, 0.717) is 0 Å². The Labute approximate surface area is 154 Å². The summed E-state index contributed by atoms with van der Waals surface area (Å²) >= 11 is 0. The van der Waals surface area contributed by atoms with E-state index in [2.05, 4.69) is 71.0 Å². The molecule has 23 heavy (non-hydrogen) atoms. The van der Waals surface area contributed by atoms with Gasteiger partial charge < -0.3 is 0 Å². The van der Waals surface area contributed by atoms with E-state index in [1.807, 2.05) is 0 Å². The first-order valence-electron chi connectivity index (χ1n) is 8.43. The molecular formula is C21H30BrP. The van der Waals surface area contributed by atoms with Gasteiger partial charge in [-0.2, -0.15) is 0 Å². The van der Waals surface area contributed by atoms with Crippen LogP contribution in [0.3, 0.4) is 0 Å². The van der Waals surface area contributed by atoms with Crippen molar-refractivity contribution in [2.45, 2.75) is 53.9 Å². The number of unbranched alkanes of at least 4 members (excludes halogenated alkanes) is 2. The van der Waals surface area contributed by atoms with Crippen molar-refractivity contribution in [2.24, 2.45) is 0 Å². The topological polar surface area (TPSA) is 0 Å². The summed E-state index contributed by atoms with van der Waals surface area (Å²) in [5, 5.41) is 3.10. The Balaban J connectivity index is 0.00000264. The van der Waals surface area contributed by atoms with E-state index in [0.717, 1.165) is 0 Å². The van der Waals surface area contributed by atoms with Gasteiger partial charge in [-0.3, -0.25) is 0 Å². The minimum atomic E-state index is -0.227. The fourth-order valence-corrected chi connectivity index (χ4v) is 5.93. The van der Waals surface area contributed by atoms with Gasteiger partial charge in [-0.05, 0) is 58.8 Å². The van der Waals surface area contributed by atoms with Crippen LogP contribution < -0.4 is 10.6 Å². The van der Waals surface area contributed by atoms with Crippen LogP contribution in [0, 0.1) is 27.7 Å². The van der Waals surface area contributed by atoms with Gasteiger partial charge >= 0.3 is 0 Å². The average molecular weight is 393 g/mol. The van der Waals surface area contributed by atoms with Gasteiger partial charge in [0.15, 0.2) is 0 Å². The number of benzene rings is 2. The molecule has 0 saturated heterocycles. The number of hydrogen-bond acceptors (Lipinski definition) is 0. The zero-order chi connectivity index (χ0) is 16.1. The largest absolute Gasteiger partial charge is 0.114 e. The number of rotatable bonds is 6. The van der Waals surface area contributed by atoms with Crippen molar-refractivity contribution in [1.82, 2.24) is 0 Å². The molecule has 0 unspecified atom stereocenters. The van der Waals surface area contributed by atoms with Gasteiger partial charge in [-0.25, -0.2) is 0 Å². The predicted molar refractivity (Wildman–Crippen MR) is 113 cm³/mol. The summed E-state index contributed by atoms with van der Waals surface area (Å²) in [4.78, 5) is 0. The summed E-state index contributed by atoms with van der Waals surface area (Å²) in [5.74, 6) is 0. The monoisotopic (exact) mass is 392 g/mol. The van der Waals surface area contributed by atoms with Crippen LogP contribution in [0.5, 0.6) is 0 Å². The summed E-state index contributed by atoms with van der Waals surface area (Å²) in [6.45, 7) is 11.2.